The third kappa shape index (κ3) is 3.69. The summed E-state index contributed by atoms with van der Waals surface area (Å²) in [6, 6.07) is 5.38. The first-order valence-corrected chi connectivity index (χ1v) is 7.36. The van der Waals surface area contributed by atoms with E-state index in [4.69, 9.17) is 5.73 Å². The van der Waals surface area contributed by atoms with Gasteiger partial charge in [-0.15, -0.1) is 0 Å². The van der Waals surface area contributed by atoms with Crippen molar-refractivity contribution in [2.45, 2.75) is 45.6 Å². The van der Waals surface area contributed by atoms with E-state index in [0.29, 0.717) is 6.42 Å². The lowest BCUT2D eigenvalue weighted by Crippen LogP contribution is -2.27. The smallest absolute Gasteiger partial charge is 0.128 e. The van der Waals surface area contributed by atoms with Crippen LogP contribution in [0, 0.1) is 11.7 Å². The molecule has 0 radical (unpaired) electrons. The van der Waals surface area contributed by atoms with E-state index in [9.17, 15) is 4.39 Å². The maximum Gasteiger partial charge on any atom is 0.128 e. The maximum absolute atomic E-state index is 14.1. The first-order chi connectivity index (χ1) is 9.08. The van der Waals surface area contributed by atoms with Gasteiger partial charge in [0, 0.05) is 30.4 Å². The Bertz CT molecular complexity index is 417. The van der Waals surface area contributed by atoms with Gasteiger partial charge in [-0.2, -0.15) is 0 Å². The molecule has 1 aromatic carbocycles. The molecule has 1 aromatic rings. The number of hydrogen-bond acceptors (Lipinski definition) is 2. The molecule has 0 aromatic heterocycles. The standard InChI is InChI=1S/C16H25FN2/c1-12-5-4-9-19(10-8-12)16-7-3-6-15(17)14(16)11-13(2)18/h3,6-7,12-13H,4-5,8-11,18H2,1-2H3. The molecule has 2 N–H and O–H groups in total. The van der Waals surface area contributed by atoms with Crippen LogP contribution in [0.2, 0.25) is 0 Å². The fourth-order valence-corrected chi connectivity index (χ4v) is 2.87. The quantitative estimate of drug-likeness (QED) is 0.907. The monoisotopic (exact) mass is 264 g/mol. The molecular weight excluding hydrogens is 239 g/mol. The van der Waals surface area contributed by atoms with Gasteiger partial charge < -0.3 is 10.6 Å². The summed E-state index contributed by atoms with van der Waals surface area (Å²) in [5, 5.41) is 0. The zero-order valence-corrected chi connectivity index (χ0v) is 12.0. The molecule has 19 heavy (non-hydrogen) atoms. The molecule has 0 bridgehead atoms. The second kappa shape index (κ2) is 6.38. The van der Waals surface area contributed by atoms with Crippen LogP contribution < -0.4 is 10.6 Å². The van der Waals surface area contributed by atoms with Gasteiger partial charge in [-0.05, 0) is 50.7 Å². The third-order valence-corrected chi connectivity index (χ3v) is 3.98. The van der Waals surface area contributed by atoms with E-state index in [1.54, 1.807) is 6.07 Å². The molecule has 0 spiro atoms. The van der Waals surface area contributed by atoms with Crippen LogP contribution in [-0.4, -0.2) is 19.1 Å². The first-order valence-electron chi connectivity index (χ1n) is 7.36. The van der Waals surface area contributed by atoms with Gasteiger partial charge in [-0.1, -0.05) is 13.0 Å². The molecule has 2 unspecified atom stereocenters. The number of halogens is 1. The fourth-order valence-electron chi connectivity index (χ4n) is 2.87. The summed E-state index contributed by atoms with van der Waals surface area (Å²) in [7, 11) is 0. The summed E-state index contributed by atoms with van der Waals surface area (Å²) in [5.74, 6) is 0.655. The highest BCUT2D eigenvalue weighted by molar-refractivity contribution is 5.54. The molecule has 1 aliphatic heterocycles. The largest absolute Gasteiger partial charge is 0.371 e. The first kappa shape index (κ1) is 14.3. The fraction of sp³-hybridized carbons (Fsp3) is 0.625. The average Bonchev–Trinajstić information content (AvgIpc) is 2.56. The number of nitrogens with two attached hydrogens (primary N) is 1. The van der Waals surface area contributed by atoms with Crippen molar-refractivity contribution in [3.8, 4) is 0 Å². The Balaban J connectivity index is 2.25. The topological polar surface area (TPSA) is 29.3 Å². The maximum atomic E-state index is 14.1. The minimum Gasteiger partial charge on any atom is -0.371 e. The van der Waals surface area contributed by atoms with Crippen molar-refractivity contribution in [1.82, 2.24) is 0 Å². The van der Waals surface area contributed by atoms with E-state index in [1.807, 2.05) is 19.1 Å². The molecule has 2 nitrogen and oxygen atoms in total. The van der Waals surface area contributed by atoms with Crippen LogP contribution in [0.5, 0.6) is 0 Å². The Morgan fingerprint density at radius 2 is 2.16 bits per heavy atom. The van der Waals surface area contributed by atoms with Gasteiger partial charge in [-0.25, -0.2) is 4.39 Å². The van der Waals surface area contributed by atoms with Gasteiger partial charge in [-0.3, -0.25) is 0 Å². The molecule has 2 atom stereocenters. The Labute approximate surface area is 115 Å². The van der Waals surface area contributed by atoms with Crippen molar-refractivity contribution in [2.24, 2.45) is 11.7 Å². The molecule has 1 aliphatic rings. The summed E-state index contributed by atoms with van der Waals surface area (Å²) in [4.78, 5) is 2.34. The van der Waals surface area contributed by atoms with Gasteiger partial charge in [0.25, 0.3) is 0 Å². The van der Waals surface area contributed by atoms with Crippen molar-refractivity contribution >= 4 is 5.69 Å². The van der Waals surface area contributed by atoms with Crippen molar-refractivity contribution in [1.29, 1.82) is 0 Å². The number of anilines is 1. The Morgan fingerprint density at radius 1 is 1.37 bits per heavy atom. The van der Waals surface area contributed by atoms with E-state index < -0.39 is 0 Å². The van der Waals surface area contributed by atoms with Gasteiger partial charge >= 0.3 is 0 Å². The third-order valence-electron chi connectivity index (χ3n) is 3.98. The SMILES string of the molecule is CC(N)Cc1c(F)cccc1N1CCCC(C)CC1. The number of benzene rings is 1. The van der Waals surface area contributed by atoms with Gasteiger partial charge in [0.05, 0.1) is 0 Å². The number of hydrogen-bond donors (Lipinski definition) is 1. The molecule has 2 rings (SSSR count). The average molecular weight is 264 g/mol. The van der Waals surface area contributed by atoms with Crippen molar-refractivity contribution in [3.05, 3.63) is 29.6 Å². The summed E-state index contributed by atoms with van der Waals surface area (Å²) < 4.78 is 14.1. The van der Waals surface area contributed by atoms with E-state index in [0.717, 1.165) is 30.3 Å². The van der Waals surface area contributed by atoms with Crippen molar-refractivity contribution < 1.29 is 4.39 Å². The molecule has 0 saturated carbocycles. The van der Waals surface area contributed by atoms with Crippen LogP contribution in [0.4, 0.5) is 10.1 Å². The predicted molar refractivity (Wildman–Crippen MR) is 79.0 cm³/mol. The highest BCUT2D eigenvalue weighted by atomic mass is 19.1. The summed E-state index contributed by atoms with van der Waals surface area (Å²) in [5.41, 5.74) is 7.69. The number of nitrogens with zero attached hydrogens (tertiary/aromatic N) is 1. The predicted octanol–water partition coefficient (Wildman–Crippen LogP) is 3.34. The zero-order valence-electron chi connectivity index (χ0n) is 12.0. The van der Waals surface area contributed by atoms with Crippen LogP contribution in [0.3, 0.4) is 0 Å². The minimum atomic E-state index is -0.118. The Morgan fingerprint density at radius 3 is 2.89 bits per heavy atom. The molecule has 0 aliphatic carbocycles. The lowest BCUT2D eigenvalue weighted by molar-refractivity contribution is 0.521. The van der Waals surface area contributed by atoms with E-state index >= 15 is 0 Å². The molecule has 0 amide bonds. The van der Waals surface area contributed by atoms with Gasteiger partial charge in [0.2, 0.25) is 0 Å². The van der Waals surface area contributed by atoms with E-state index in [1.165, 1.54) is 19.3 Å². The van der Waals surface area contributed by atoms with Gasteiger partial charge in [0.15, 0.2) is 0 Å². The molecule has 1 saturated heterocycles. The second-order valence-corrected chi connectivity index (χ2v) is 5.94. The molecular formula is C16H25FN2. The number of rotatable bonds is 3. The highest BCUT2D eigenvalue weighted by Crippen LogP contribution is 2.28. The van der Waals surface area contributed by atoms with Crippen LogP contribution in [0.1, 0.15) is 38.7 Å². The van der Waals surface area contributed by atoms with Crippen LogP contribution >= 0.6 is 0 Å². The molecule has 1 heterocycles. The molecule has 1 fully saturated rings. The minimum absolute atomic E-state index is 0.0125. The van der Waals surface area contributed by atoms with Crippen LogP contribution in [0.25, 0.3) is 0 Å². The lowest BCUT2D eigenvalue weighted by Gasteiger charge is -2.26. The zero-order chi connectivity index (χ0) is 13.8. The van der Waals surface area contributed by atoms with Crippen molar-refractivity contribution in [3.63, 3.8) is 0 Å². The lowest BCUT2D eigenvalue weighted by atomic mass is 10.0. The summed E-state index contributed by atoms with van der Waals surface area (Å²) in [6.45, 7) is 6.29. The van der Waals surface area contributed by atoms with Crippen molar-refractivity contribution in [2.75, 3.05) is 18.0 Å². The Hall–Kier alpha value is -1.09. The Kier molecular flexibility index (Phi) is 4.81. The summed E-state index contributed by atoms with van der Waals surface area (Å²) in [6.07, 6.45) is 4.26. The molecule has 3 heteroatoms. The van der Waals surface area contributed by atoms with E-state index in [-0.39, 0.29) is 11.9 Å². The molecule has 106 valence electrons. The normalized spacial score (nSPS) is 22.1. The van der Waals surface area contributed by atoms with E-state index in [2.05, 4.69) is 11.8 Å². The highest BCUT2D eigenvalue weighted by Gasteiger charge is 2.19. The van der Waals surface area contributed by atoms with Crippen LogP contribution in [0.15, 0.2) is 18.2 Å². The van der Waals surface area contributed by atoms with Gasteiger partial charge in [0.1, 0.15) is 5.82 Å². The second-order valence-electron chi connectivity index (χ2n) is 5.94. The van der Waals surface area contributed by atoms with Crippen LogP contribution in [-0.2, 0) is 6.42 Å². The summed E-state index contributed by atoms with van der Waals surface area (Å²) >= 11 is 0.